The first-order valence-corrected chi connectivity index (χ1v) is 11.5. The number of nitrogens with one attached hydrogen (secondary N) is 1. The van der Waals surface area contributed by atoms with Crippen LogP contribution in [0.1, 0.15) is 52.1 Å². The van der Waals surface area contributed by atoms with Crippen LogP contribution in [0.15, 0.2) is 30.7 Å². The summed E-state index contributed by atoms with van der Waals surface area (Å²) in [6.45, 7) is 7.37. The van der Waals surface area contributed by atoms with Crippen LogP contribution in [0.4, 0.5) is 23.7 Å². The summed E-state index contributed by atoms with van der Waals surface area (Å²) in [5.74, 6) is -3.69. The van der Waals surface area contributed by atoms with Crippen LogP contribution in [-0.4, -0.2) is 62.0 Å². The number of anilines is 1. The number of aliphatic carboxylic acids is 2. The molecule has 38 heavy (non-hydrogen) atoms. The molecule has 0 bridgehead atoms. The largest absolute Gasteiger partial charge is 0.490 e. The number of carbonyl (C=O) groups excluding carboxylic acids is 2. The van der Waals surface area contributed by atoms with E-state index in [0.717, 1.165) is 16.8 Å². The van der Waals surface area contributed by atoms with Gasteiger partial charge in [-0.25, -0.2) is 14.6 Å². The number of aromatic nitrogens is 2. The average molecular weight is 543 g/mol. The van der Waals surface area contributed by atoms with Gasteiger partial charge in [-0.3, -0.25) is 9.59 Å². The predicted molar refractivity (Wildman–Crippen MR) is 128 cm³/mol. The van der Waals surface area contributed by atoms with E-state index >= 15 is 0 Å². The van der Waals surface area contributed by atoms with Crippen molar-refractivity contribution in [2.75, 3.05) is 4.90 Å². The first-order valence-electron chi connectivity index (χ1n) is 11.5. The molecule has 2 atom stereocenters. The van der Waals surface area contributed by atoms with E-state index in [1.165, 1.54) is 6.92 Å². The van der Waals surface area contributed by atoms with E-state index in [0.29, 0.717) is 18.7 Å². The Labute approximate surface area is 216 Å². The number of aryl methyl sites for hydroxylation is 1. The van der Waals surface area contributed by atoms with Crippen molar-refractivity contribution in [3.8, 4) is 11.3 Å². The number of imidazole rings is 1. The number of carboxylic acids is 2. The predicted octanol–water partition coefficient (Wildman–Crippen LogP) is 3.98. The van der Waals surface area contributed by atoms with Crippen molar-refractivity contribution in [1.82, 2.24) is 14.9 Å². The number of hydrogen-bond donors (Lipinski definition) is 3. The number of alkyl halides is 3. The lowest BCUT2D eigenvalue weighted by Crippen LogP contribution is -2.45. The third-order valence-electron chi connectivity index (χ3n) is 5.41. The van der Waals surface area contributed by atoms with Gasteiger partial charge in [-0.1, -0.05) is 6.07 Å². The molecule has 1 aromatic heterocycles. The fraction of sp³-hybridized carbons (Fsp3) is 0.458. The highest BCUT2D eigenvalue weighted by atomic mass is 19.4. The zero-order chi connectivity index (χ0) is 28.8. The van der Waals surface area contributed by atoms with Gasteiger partial charge in [-0.2, -0.15) is 13.2 Å². The van der Waals surface area contributed by atoms with E-state index in [4.69, 9.17) is 19.7 Å². The summed E-state index contributed by atoms with van der Waals surface area (Å²) in [4.78, 5) is 50.4. The van der Waals surface area contributed by atoms with Gasteiger partial charge in [0.1, 0.15) is 0 Å². The number of amides is 2. The molecule has 1 aliphatic rings. The lowest BCUT2D eigenvalue weighted by Gasteiger charge is -2.39. The normalized spacial score (nSPS) is 16.7. The molecule has 3 rings (SSSR count). The molecule has 0 spiro atoms. The van der Waals surface area contributed by atoms with Gasteiger partial charge in [-0.05, 0) is 44.9 Å². The summed E-state index contributed by atoms with van der Waals surface area (Å²) in [5, 5.41) is 18.9. The molecule has 3 N–H and O–H groups in total. The van der Waals surface area contributed by atoms with Gasteiger partial charge in [0.25, 0.3) is 0 Å². The highest BCUT2D eigenvalue weighted by Crippen LogP contribution is 2.39. The first kappa shape index (κ1) is 30.1. The molecule has 2 unspecified atom stereocenters. The first-order chi connectivity index (χ1) is 17.6. The number of carboxylic acid groups (broad SMARTS) is 2. The molecule has 0 saturated carbocycles. The summed E-state index contributed by atoms with van der Waals surface area (Å²) in [5.41, 5.74) is 3.06. The van der Waals surface area contributed by atoms with Crippen LogP contribution >= 0.6 is 0 Å². The van der Waals surface area contributed by atoms with Crippen LogP contribution in [0.3, 0.4) is 0 Å². The quantitative estimate of drug-likeness (QED) is 0.496. The number of nitrogens with zero attached hydrogens (tertiary/aromatic N) is 3. The molecule has 0 saturated heterocycles. The molecule has 1 aliphatic heterocycles. The van der Waals surface area contributed by atoms with Gasteiger partial charge >= 0.3 is 24.2 Å². The summed E-state index contributed by atoms with van der Waals surface area (Å²) in [6.07, 6.45) is -1.88. The van der Waals surface area contributed by atoms with Crippen molar-refractivity contribution in [3.05, 3.63) is 36.3 Å². The van der Waals surface area contributed by atoms with Crippen LogP contribution < -0.4 is 10.2 Å². The number of alkyl carbamates (subject to hydrolysis) is 1. The maximum Gasteiger partial charge on any atom is 0.490 e. The van der Waals surface area contributed by atoms with E-state index in [-0.39, 0.29) is 30.5 Å². The van der Waals surface area contributed by atoms with E-state index in [9.17, 15) is 27.6 Å². The van der Waals surface area contributed by atoms with Gasteiger partial charge in [0.05, 0.1) is 30.6 Å². The van der Waals surface area contributed by atoms with E-state index < -0.39 is 24.2 Å². The van der Waals surface area contributed by atoms with Crippen LogP contribution in [-0.2, 0) is 25.7 Å². The maximum atomic E-state index is 12.3. The minimum atomic E-state index is -5.08. The second-order valence-corrected chi connectivity index (χ2v) is 8.84. The Balaban J connectivity index is 0.000000638. The summed E-state index contributed by atoms with van der Waals surface area (Å²) in [6, 6.07) is 5.25. The third kappa shape index (κ3) is 8.21. The van der Waals surface area contributed by atoms with Crippen molar-refractivity contribution in [2.24, 2.45) is 0 Å². The third-order valence-corrected chi connectivity index (χ3v) is 5.41. The van der Waals surface area contributed by atoms with Crippen molar-refractivity contribution >= 4 is 29.6 Å². The molecule has 11 nitrogen and oxygen atoms in total. The van der Waals surface area contributed by atoms with E-state index in [2.05, 4.69) is 10.3 Å². The number of halogens is 3. The Morgan fingerprint density at radius 3 is 2.37 bits per heavy atom. The highest BCUT2D eigenvalue weighted by Gasteiger charge is 2.38. The van der Waals surface area contributed by atoms with Crippen molar-refractivity contribution in [3.63, 3.8) is 0 Å². The Morgan fingerprint density at radius 1 is 1.21 bits per heavy atom. The number of hydrogen-bond acceptors (Lipinski definition) is 6. The Morgan fingerprint density at radius 2 is 1.84 bits per heavy atom. The van der Waals surface area contributed by atoms with Crippen LogP contribution in [0.5, 0.6) is 0 Å². The zero-order valence-corrected chi connectivity index (χ0v) is 21.2. The van der Waals surface area contributed by atoms with E-state index in [1.54, 1.807) is 35.8 Å². The van der Waals surface area contributed by atoms with Crippen LogP contribution in [0, 0.1) is 0 Å². The minimum Gasteiger partial charge on any atom is -0.481 e. The van der Waals surface area contributed by atoms with Gasteiger partial charge in [0.15, 0.2) is 0 Å². The Kier molecular flexibility index (Phi) is 9.85. The van der Waals surface area contributed by atoms with Gasteiger partial charge in [-0.15, -0.1) is 0 Å². The van der Waals surface area contributed by atoms with Crippen molar-refractivity contribution in [2.45, 2.75) is 71.4 Å². The second kappa shape index (κ2) is 12.4. The van der Waals surface area contributed by atoms with Crippen LogP contribution in [0.2, 0.25) is 0 Å². The molecule has 2 aromatic rings. The molecule has 0 aliphatic carbocycles. The molecular formula is C24H29F3N4O7. The average Bonchev–Trinajstić information content (AvgIpc) is 3.25. The SMILES string of the molecule is CC(=O)N1c2ccc(-c3cn(CCC(=O)O)cn3)cc2C(NC(=O)OC(C)C)CC1C.O=C(O)C(F)(F)F. The Bertz CT molecular complexity index is 1180. The molecule has 2 amide bonds. The number of ether oxygens (including phenoxy) is 1. The fourth-order valence-corrected chi connectivity index (χ4v) is 3.89. The monoisotopic (exact) mass is 542 g/mol. The van der Waals surface area contributed by atoms with E-state index in [1.807, 2.05) is 25.1 Å². The summed E-state index contributed by atoms with van der Waals surface area (Å²) >= 11 is 0. The smallest absolute Gasteiger partial charge is 0.481 e. The molecule has 208 valence electrons. The standard InChI is InChI=1S/C22H28N4O5.C2HF3O2/c1-13(2)31-22(30)24-18-9-14(3)26(15(4)27)20-6-5-16(10-17(18)20)19-11-25(12-23-19)8-7-21(28)29;3-2(4,5)1(6)7/h5-6,10-14,18H,7-9H2,1-4H3,(H,24,30)(H,28,29);(H,6,7). The topological polar surface area (TPSA) is 151 Å². The Hall–Kier alpha value is -4.10. The number of rotatable bonds is 6. The number of fused-ring (bicyclic) bond motifs is 1. The lowest BCUT2D eigenvalue weighted by molar-refractivity contribution is -0.192. The lowest BCUT2D eigenvalue weighted by atomic mass is 9.90. The fourth-order valence-electron chi connectivity index (χ4n) is 3.89. The molecule has 14 heteroatoms. The highest BCUT2D eigenvalue weighted by molar-refractivity contribution is 5.94. The van der Waals surface area contributed by atoms with Crippen molar-refractivity contribution < 1.29 is 47.3 Å². The molecule has 2 heterocycles. The van der Waals surface area contributed by atoms with Gasteiger partial charge in [0.2, 0.25) is 5.91 Å². The zero-order valence-electron chi connectivity index (χ0n) is 21.2. The van der Waals surface area contributed by atoms with Gasteiger partial charge < -0.3 is 29.7 Å². The molecule has 0 fully saturated rings. The van der Waals surface area contributed by atoms with Crippen molar-refractivity contribution in [1.29, 1.82) is 0 Å². The minimum absolute atomic E-state index is 0.00933. The summed E-state index contributed by atoms with van der Waals surface area (Å²) in [7, 11) is 0. The second-order valence-electron chi connectivity index (χ2n) is 8.84. The maximum absolute atomic E-state index is 12.3. The van der Waals surface area contributed by atoms with Crippen LogP contribution in [0.25, 0.3) is 11.3 Å². The number of benzene rings is 1. The molecule has 0 radical (unpaired) electrons. The molecule has 1 aromatic carbocycles. The number of carbonyl (C=O) groups is 4. The molecular weight excluding hydrogens is 513 g/mol. The van der Waals surface area contributed by atoms with Gasteiger partial charge in [0, 0.05) is 37.0 Å². The summed E-state index contributed by atoms with van der Waals surface area (Å²) < 4.78 is 38.7.